The molecule has 0 aliphatic rings. The maximum absolute atomic E-state index is 5.68. The molecule has 0 atom stereocenters. The lowest BCUT2D eigenvalue weighted by Gasteiger charge is -2.09. The van der Waals surface area contributed by atoms with E-state index in [0.29, 0.717) is 5.92 Å². The zero-order valence-corrected chi connectivity index (χ0v) is 11.2. The van der Waals surface area contributed by atoms with Crippen LogP contribution in [-0.4, -0.2) is 6.61 Å². The fourth-order valence-electron chi connectivity index (χ4n) is 1.52. The van der Waals surface area contributed by atoms with E-state index in [1.165, 1.54) is 10.8 Å². The van der Waals surface area contributed by atoms with Crippen LogP contribution >= 0.6 is 0 Å². The molecule has 0 N–H and O–H groups in total. The molecule has 0 aliphatic carbocycles. The van der Waals surface area contributed by atoms with Crippen LogP contribution in [0.2, 0.25) is 0 Å². The Morgan fingerprint density at radius 3 is 2.24 bits per heavy atom. The Hall–Kier alpha value is -1.50. The first-order chi connectivity index (χ1) is 8.25. The molecule has 2 rings (SSSR count). The van der Waals surface area contributed by atoms with Crippen LogP contribution in [-0.2, 0) is 0 Å². The molecule has 1 heteroatoms. The molecular formula is C16H22O. The second-order valence-corrected chi connectivity index (χ2v) is 4.21. The number of rotatable bonds is 3. The van der Waals surface area contributed by atoms with E-state index in [1.807, 2.05) is 19.9 Å². The van der Waals surface area contributed by atoms with E-state index in [9.17, 15) is 0 Å². The summed E-state index contributed by atoms with van der Waals surface area (Å²) in [5.41, 5.74) is 0. The SMILES string of the molecule is CC.CC(C)COc1ccc2ccccc2c1. The predicted molar refractivity (Wildman–Crippen MR) is 75.6 cm³/mol. The van der Waals surface area contributed by atoms with Crippen molar-refractivity contribution in [3.8, 4) is 5.75 Å². The fraction of sp³-hybridized carbons (Fsp3) is 0.375. The first-order valence-corrected chi connectivity index (χ1v) is 6.37. The summed E-state index contributed by atoms with van der Waals surface area (Å²) < 4.78 is 5.68. The number of benzene rings is 2. The molecule has 0 saturated heterocycles. The number of hydrogen-bond donors (Lipinski definition) is 0. The second-order valence-electron chi connectivity index (χ2n) is 4.21. The topological polar surface area (TPSA) is 9.23 Å². The fourth-order valence-corrected chi connectivity index (χ4v) is 1.52. The van der Waals surface area contributed by atoms with Crippen LogP contribution in [0.25, 0.3) is 10.8 Å². The Morgan fingerprint density at radius 2 is 1.59 bits per heavy atom. The van der Waals surface area contributed by atoms with Crippen LogP contribution in [0.5, 0.6) is 5.75 Å². The average Bonchev–Trinajstić information content (AvgIpc) is 2.38. The Balaban J connectivity index is 0.000000686. The highest BCUT2D eigenvalue weighted by atomic mass is 16.5. The molecule has 0 bridgehead atoms. The second kappa shape index (κ2) is 6.95. The molecule has 1 nitrogen and oxygen atoms in total. The molecule has 2 aromatic carbocycles. The number of ether oxygens (including phenoxy) is 1. The highest BCUT2D eigenvalue weighted by molar-refractivity contribution is 5.83. The maximum Gasteiger partial charge on any atom is 0.119 e. The van der Waals surface area contributed by atoms with E-state index in [4.69, 9.17) is 4.74 Å². The molecule has 0 heterocycles. The lowest BCUT2D eigenvalue weighted by molar-refractivity contribution is 0.271. The quantitative estimate of drug-likeness (QED) is 0.728. The smallest absolute Gasteiger partial charge is 0.119 e. The molecule has 17 heavy (non-hydrogen) atoms. The van der Waals surface area contributed by atoms with Gasteiger partial charge in [-0.25, -0.2) is 0 Å². The van der Waals surface area contributed by atoms with Crippen molar-refractivity contribution in [2.45, 2.75) is 27.7 Å². The predicted octanol–water partition coefficient (Wildman–Crippen LogP) is 4.90. The highest BCUT2D eigenvalue weighted by Gasteiger charge is 1.98. The Kier molecular flexibility index (Phi) is 5.55. The van der Waals surface area contributed by atoms with Crippen LogP contribution in [0, 0.1) is 5.92 Å². The average molecular weight is 230 g/mol. The molecule has 0 spiro atoms. The van der Waals surface area contributed by atoms with Crippen molar-refractivity contribution in [3.63, 3.8) is 0 Å². The summed E-state index contributed by atoms with van der Waals surface area (Å²) in [5.74, 6) is 1.53. The standard InChI is InChI=1S/C14H16O.C2H6/c1-11(2)10-15-14-8-7-12-5-3-4-6-13(12)9-14;1-2/h3-9,11H,10H2,1-2H3;1-2H3. The number of hydrogen-bond acceptors (Lipinski definition) is 1. The van der Waals surface area contributed by atoms with Crippen molar-refractivity contribution in [3.05, 3.63) is 42.5 Å². The van der Waals surface area contributed by atoms with E-state index in [-0.39, 0.29) is 0 Å². The van der Waals surface area contributed by atoms with Crippen LogP contribution in [0.4, 0.5) is 0 Å². The minimum atomic E-state index is 0.566. The summed E-state index contributed by atoms with van der Waals surface area (Å²) >= 11 is 0. The monoisotopic (exact) mass is 230 g/mol. The highest BCUT2D eigenvalue weighted by Crippen LogP contribution is 2.20. The molecule has 0 saturated carbocycles. The Morgan fingerprint density at radius 1 is 0.941 bits per heavy atom. The van der Waals surface area contributed by atoms with Crippen molar-refractivity contribution < 1.29 is 4.74 Å². The molecule has 0 aliphatic heterocycles. The summed E-state index contributed by atoms with van der Waals surface area (Å²) in [6.45, 7) is 9.08. The Bertz CT molecular complexity index is 446. The van der Waals surface area contributed by atoms with Gasteiger partial charge in [-0.1, -0.05) is 58.0 Å². The summed E-state index contributed by atoms with van der Waals surface area (Å²) in [4.78, 5) is 0. The van der Waals surface area contributed by atoms with Gasteiger partial charge in [-0.15, -0.1) is 0 Å². The molecule has 0 radical (unpaired) electrons. The third kappa shape index (κ3) is 4.10. The lowest BCUT2D eigenvalue weighted by Crippen LogP contribution is -2.04. The third-order valence-corrected chi connectivity index (χ3v) is 2.30. The normalized spacial score (nSPS) is 9.94. The van der Waals surface area contributed by atoms with Gasteiger partial charge < -0.3 is 4.74 Å². The maximum atomic E-state index is 5.68. The molecule has 0 fully saturated rings. The van der Waals surface area contributed by atoms with Crippen LogP contribution in [0.15, 0.2) is 42.5 Å². The van der Waals surface area contributed by atoms with Crippen molar-refractivity contribution in [1.82, 2.24) is 0 Å². The van der Waals surface area contributed by atoms with Gasteiger partial charge >= 0.3 is 0 Å². The molecular weight excluding hydrogens is 208 g/mol. The van der Waals surface area contributed by atoms with E-state index in [2.05, 4.69) is 50.2 Å². The summed E-state index contributed by atoms with van der Waals surface area (Å²) in [5, 5.41) is 2.49. The van der Waals surface area contributed by atoms with Crippen LogP contribution < -0.4 is 4.74 Å². The first kappa shape index (κ1) is 13.6. The van der Waals surface area contributed by atoms with E-state index < -0.39 is 0 Å². The lowest BCUT2D eigenvalue weighted by atomic mass is 10.1. The molecule has 92 valence electrons. The summed E-state index contributed by atoms with van der Waals surface area (Å²) in [6, 6.07) is 14.6. The summed E-state index contributed by atoms with van der Waals surface area (Å²) in [7, 11) is 0. The number of fused-ring (bicyclic) bond motifs is 1. The minimum Gasteiger partial charge on any atom is -0.493 e. The molecule has 0 unspecified atom stereocenters. The van der Waals surface area contributed by atoms with E-state index >= 15 is 0 Å². The zero-order chi connectivity index (χ0) is 12.7. The van der Waals surface area contributed by atoms with E-state index in [1.54, 1.807) is 0 Å². The van der Waals surface area contributed by atoms with Crippen LogP contribution in [0.3, 0.4) is 0 Å². The van der Waals surface area contributed by atoms with Gasteiger partial charge in [-0.2, -0.15) is 0 Å². The third-order valence-electron chi connectivity index (χ3n) is 2.30. The molecule has 0 aromatic heterocycles. The van der Waals surface area contributed by atoms with Gasteiger partial charge in [0.15, 0.2) is 0 Å². The van der Waals surface area contributed by atoms with Gasteiger partial charge in [-0.3, -0.25) is 0 Å². The van der Waals surface area contributed by atoms with Gasteiger partial charge in [0.1, 0.15) is 5.75 Å². The van der Waals surface area contributed by atoms with Gasteiger partial charge in [0, 0.05) is 0 Å². The van der Waals surface area contributed by atoms with Crippen molar-refractivity contribution in [2.24, 2.45) is 5.92 Å². The van der Waals surface area contributed by atoms with Crippen LogP contribution in [0.1, 0.15) is 27.7 Å². The van der Waals surface area contributed by atoms with Crippen molar-refractivity contribution in [2.75, 3.05) is 6.61 Å². The summed E-state index contributed by atoms with van der Waals surface area (Å²) in [6.07, 6.45) is 0. The minimum absolute atomic E-state index is 0.566. The van der Waals surface area contributed by atoms with Crippen molar-refractivity contribution in [1.29, 1.82) is 0 Å². The molecule has 0 amide bonds. The van der Waals surface area contributed by atoms with Gasteiger partial charge in [0.2, 0.25) is 0 Å². The first-order valence-electron chi connectivity index (χ1n) is 6.37. The van der Waals surface area contributed by atoms with Gasteiger partial charge in [0.05, 0.1) is 6.61 Å². The van der Waals surface area contributed by atoms with Gasteiger partial charge in [-0.05, 0) is 28.8 Å². The van der Waals surface area contributed by atoms with E-state index in [0.717, 1.165) is 12.4 Å². The van der Waals surface area contributed by atoms with Gasteiger partial charge in [0.25, 0.3) is 0 Å². The zero-order valence-electron chi connectivity index (χ0n) is 11.2. The largest absolute Gasteiger partial charge is 0.493 e. The van der Waals surface area contributed by atoms with Crippen molar-refractivity contribution >= 4 is 10.8 Å². The molecule has 2 aromatic rings. The Labute approximate surface area is 104 Å².